The Bertz CT molecular complexity index is 397. The molecule has 1 N–H and O–H groups in total. The van der Waals surface area contributed by atoms with E-state index in [0.29, 0.717) is 12.2 Å². The van der Waals surface area contributed by atoms with Crippen LogP contribution in [-0.2, 0) is 0 Å². The van der Waals surface area contributed by atoms with E-state index in [2.05, 4.69) is 19.2 Å². The molecular formula is C15H23NO2. The highest BCUT2D eigenvalue weighted by Crippen LogP contribution is 2.19. The minimum atomic E-state index is -0.00477. The summed E-state index contributed by atoms with van der Waals surface area (Å²) in [5.74, 6) is 0.839. The Balaban J connectivity index is 2.78. The van der Waals surface area contributed by atoms with Crippen LogP contribution in [0.25, 0.3) is 0 Å². The van der Waals surface area contributed by atoms with Crippen LogP contribution in [0.3, 0.4) is 0 Å². The van der Waals surface area contributed by atoms with Crippen LogP contribution in [-0.4, -0.2) is 18.6 Å². The van der Waals surface area contributed by atoms with Gasteiger partial charge in [-0.15, -0.1) is 0 Å². The van der Waals surface area contributed by atoms with E-state index < -0.39 is 0 Å². The fourth-order valence-electron chi connectivity index (χ4n) is 1.87. The molecule has 100 valence electrons. The second-order valence-electron chi connectivity index (χ2n) is 4.40. The molecule has 0 saturated carbocycles. The molecule has 3 nitrogen and oxygen atoms in total. The van der Waals surface area contributed by atoms with Crippen molar-refractivity contribution in [3.8, 4) is 5.75 Å². The Morgan fingerprint density at radius 3 is 2.44 bits per heavy atom. The third-order valence-corrected chi connectivity index (χ3v) is 3.06. The van der Waals surface area contributed by atoms with Gasteiger partial charge in [-0.2, -0.15) is 0 Å². The Morgan fingerprint density at radius 2 is 1.94 bits per heavy atom. The number of amides is 1. The minimum Gasteiger partial charge on any atom is -0.494 e. The number of hydrogen-bond donors (Lipinski definition) is 1. The van der Waals surface area contributed by atoms with E-state index in [1.807, 2.05) is 32.0 Å². The number of carbonyl (C=O) groups is 1. The van der Waals surface area contributed by atoms with Crippen molar-refractivity contribution in [3.63, 3.8) is 0 Å². The highest BCUT2D eigenvalue weighted by atomic mass is 16.5. The number of aryl methyl sites for hydroxylation is 1. The number of rotatable bonds is 6. The van der Waals surface area contributed by atoms with E-state index in [-0.39, 0.29) is 11.9 Å². The van der Waals surface area contributed by atoms with Crippen LogP contribution in [0.1, 0.15) is 49.5 Å². The normalized spacial score (nSPS) is 10.5. The lowest BCUT2D eigenvalue weighted by molar-refractivity contribution is 0.0934. The summed E-state index contributed by atoms with van der Waals surface area (Å²) in [6, 6.07) is 5.81. The van der Waals surface area contributed by atoms with Crippen LogP contribution in [0.2, 0.25) is 0 Å². The molecule has 1 amide bonds. The molecule has 1 rings (SSSR count). The van der Waals surface area contributed by atoms with Gasteiger partial charge in [0.25, 0.3) is 5.91 Å². The van der Waals surface area contributed by atoms with Crippen LogP contribution in [0.4, 0.5) is 0 Å². The number of benzene rings is 1. The molecule has 1 aromatic rings. The van der Waals surface area contributed by atoms with Crippen molar-refractivity contribution < 1.29 is 9.53 Å². The maximum absolute atomic E-state index is 12.0. The minimum absolute atomic E-state index is 0.00477. The first-order chi connectivity index (χ1) is 8.62. The first kappa shape index (κ1) is 14.6. The summed E-state index contributed by atoms with van der Waals surface area (Å²) in [5, 5.41) is 3.03. The van der Waals surface area contributed by atoms with E-state index in [9.17, 15) is 4.79 Å². The quantitative estimate of drug-likeness (QED) is 0.840. The van der Waals surface area contributed by atoms with E-state index >= 15 is 0 Å². The van der Waals surface area contributed by atoms with Crippen molar-refractivity contribution in [1.29, 1.82) is 0 Å². The molecule has 0 spiro atoms. The molecule has 1 aromatic carbocycles. The number of carbonyl (C=O) groups excluding carboxylic acids is 1. The lowest BCUT2D eigenvalue weighted by Gasteiger charge is -2.15. The van der Waals surface area contributed by atoms with Gasteiger partial charge in [0.05, 0.1) is 6.61 Å². The molecule has 0 aliphatic heterocycles. The van der Waals surface area contributed by atoms with Gasteiger partial charge in [0.15, 0.2) is 0 Å². The predicted molar refractivity (Wildman–Crippen MR) is 74.2 cm³/mol. The smallest absolute Gasteiger partial charge is 0.251 e. The molecule has 0 saturated heterocycles. The summed E-state index contributed by atoms with van der Waals surface area (Å²) in [4.78, 5) is 12.0. The van der Waals surface area contributed by atoms with Crippen molar-refractivity contribution in [2.24, 2.45) is 0 Å². The van der Waals surface area contributed by atoms with Crippen LogP contribution < -0.4 is 10.1 Å². The average Bonchev–Trinajstić information content (AvgIpc) is 2.38. The molecule has 0 unspecified atom stereocenters. The van der Waals surface area contributed by atoms with Gasteiger partial charge in [0.2, 0.25) is 0 Å². The van der Waals surface area contributed by atoms with Gasteiger partial charge in [-0.05, 0) is 50.5 Å². The molecule has 0 atom stereocenters. The summed E-state index contributed by atoms with van der Waals surface area (Å²) in [6.45, 7) is 8.71. The van der Waals surface area contributed by atoms with Crippen LogP contribution in [0.5, 0.6) is 5.75 Å². The summed E-state index contributed by atoms with van der Waals surface area (Å²) in [5.41, 5.74) is 1.69. The van der Waals surface area contributed by atoms with Crippen LogP contribution in [0.15, 0.2) is 18.2 Å². The van der Waals surface area contributed by atoms with Gasteiger partial charge in [-0.3, -0.25) is 4.79 Å². The van der Waals surface area contributed by atoms with Gasteiger partial charge in [-0.1, -0.05) is 13.8 Å². The summed E-state index contributed by atoms with van der Waals surface area (Å²) >= 11 is 0. The second-order valence-corrected chi connectivity index (χ2v) is 4.40. The zero-order valence-electron chi connectivity index (χ0n) is 11.7. The summed E-state index contributed by atoms with van der Waals surface area (Å²) in [7, 11) is 0. The number of ether oxygens (including phenoxy) is 1. The maximum Gasteiger partial charge on any atom is 0.251 e. The highest BCUT2D eigenvalue weighted by Gasteiger charge is 2.11. The van der Waals surface area contributed by atoms with Crippen molar-refractivity contribution in [3.05, 3.63) is 29.3 Å². The highest BCUT2D eigenvalue weighted by molar-refractivity contribution is 5.94. The molecule has 0 bridgehead atoms. The van der Waals surface area contributed by atoms with Gasteiger partial charge in [-0.25, -0.2) is 0 Å². The molecule has 0 fully saturated rings. The number of nitrogens with one attached hydrogen (secondary N) is 1. The van der Waals surface area contributed by atoms with E-state index in [4.69, 9.17) is 4.74 Å². The van der Waals surface area contributed by atoms with Crippen molar-refractivity contribution in [1.82, 2.24) is 5.32 Å². The lowest BCUT2D eigenvalue weighted by atomic mass is 10.1. The van der Waals surface area contributed by atoms with Gasteiger partial charge < -0.3 is 10.1 Å². The fraction of sp³-hybridized carbons (Fsp3) is 0.533. The topological polar surface area (TPSA) is 38.3 Å². The molecule has 18 heavy (non-hydrogen) atoms. The zero-order chi connectivity index (χ0) is 13.5. The number of hydrogen-bond acceptors (Lipinski definition) is 2. The van der Waals surface area contributed by atoms with Crippen molar-refractivity contribution >= 4 is 5.91 Å². The maximum atomic E-state index is 12.0. The standard InChI is InChI=1S/C15H23NO2/c1-5-13(6-2)16-15(17)12-8-9-14(18-7-3)11(4)10-12/h8-10,13H,5-7H2,1-4H3,(H,16,17). The van der Waals surface area contributed by atoms with Crippen molar-refractivity contribution in [2.45, 2.75) is 46.6 Å². The Kier molecular flexibility index (Phi) is 5.69. The molecule has 0 aliphatic carbocycles. The SMILES string of the molecule is CCOc1ccc(C(=O)NC(CC)CC)cc1C. The third kappa shape index (κ3) is 3.76. The second kappa shape index (κ2) is 7.04. The zero-order valence-corrected chi connectivity index (χ0v) is 11.7. The molecule has 0 radical (unpaired) electrons. The first-order valence-electron chi connectivity index (χ1n) is 6.66. The largest absolute Gasteiger partial charge is 0.494 e. The average molecular weight is 249 g/mol. The van der Waals surface area contributed by atoms with E-state index in [1.54, 1.807) is 0 Å². The van der Waals surface area contributed by atoms with Crippen LogP contribution >= 0.6 is 0 Å². The predicted octanol–water partition coefficient (Wildman–Crippen LogP) is 3.31. The van der Waals surface area contributed by atoms with Gasteiger partial charge in [0, 0.05) is 11.6 Å². The molecule has 0 heterocycles. The van der Waals surface area contributed by atoms with Gasteiger partial charge in [0.1, 0.15) is 5.75 Å². The Morgan fingerprint density at radius 1 is 1.28 bits per heavy atom. The van der Waals surface area contributed by atoms with E-state index in [0.717, 1.165) is 24.2 Å². The van der Waals surface area contributed by atoms with E-state index in [1.165, 1.54) is 0 Å². The van der Waals surface area contributed by atoms with Crippen molar-refractivity contribution in [2.75, 3.05) is 6.61 Å². The third-order valence-electron chi connectivity index (χ3n) is 3.06. The van der Waals surface area contributed by atoms with Gasteiger partial charge >= 0.3 is 0 Å². The monoisotopic (exact) mass is 249 g/mol. The summed E-state index contributed by atoms with van der Waals surface area (Å²) in [6.07, 6.45) is 1.91. The molecule has 3 heteroatoms. The fourth-order valence-corrected chi connectivity index (χ4v) is 1.87. The summed E-state index contributed by atoms with van der Waals surface area (Å²) < 4.78 is 5.46. The molecule has 0 aromatic heterocycles. The Labute approximate surface area is 110 Å². The van der Waals surface area contributed by atoms with Crippen LogP contribution in [0, 0.1) is 6.92 Å². The first-order valence-corrected chi connectivity index (χ1v) is 6.66. The molecular weight excluding hydrogens is 226 g/mol. The Hall–Kier alpha value is -1.51. The lowest BCUT2D eigenvalue weighted by Crippen LogP contribution is -2.33. The molecule has 0 aliphatic rings.